The lowest BCUT2D eigenvalue weighted by Crippen LogP contribution is -2.32. The molecule has 0 amide bonds. The molecule has 2 rings (SSSR count). The minimum absolute atomic E-state index is 0.518. The van der Waals surface area contributed by atoms with Gasteiger partial charge in [0.25, 0.3) is 0 Å². The largest absolute Gasteiger partial charge is 0.283 e. The van der Waals surface area contributed by atoms with Gasteiger partial charge in [0.1, 0.15) is 5.01 Å². The van der Waals surface area contributed by atoms with Gasteiger partial charge in [-0.05, 0) is 25.5 Å². The van der Waals surface area contributed by atoms with Crippen molar-refractivity contribution in [3.63, 3.8) is 0 Å². The third-order valence-electron chi connectivity index (χ3n) is 3.32. The van der Waals surface area contributed by atoms with Gasteiger partial charge in [-0.2, -0.15) is 0 Å². The summed E-state index contributed by atoms with van der Waals surface area (Å²) in [6, 6.07) is 10.7. The number of aromatic nitrogens is 1. The van der Waals surface area contributed by atoms with Crippen LogP contribution in [0.3, 0.4) is 0 Å². The number of hydrogen-bond acceptors (Lipinski definition) is 3. The van der Waals surface area contributed by atoms with Crippen LogP contribution in [0.5, 0.6) is 0 Å². The minimum Gasteiger partial charge on any atom is -0.283 e. The summed E-state index contributed by atoms with van der Waals surface area (Å²) in [5, 5.41) is 3.19. The summed E-state index contributed by atoms with van der Waals surface area (Å²) >= 11 is 1.71. The SMILES string of the molecule is CC[C@@H](C)N(CC#Cc1ccccc1)Cc1nccs1. The maximum atomic E-state index is 4.37. The molecule has 1 atom stereocenters. The molecular formula is C17H20N2S. The van der Waals surface area contributed by atoms with Crippen LogP contribution in [0.25, 0.3) is 0 Å². The summed E-state index contributed by atoms with van der Waals surface area (Å²) in [6.45, 7) is 6.13. The zero-order chi connectivity index (χ0) is 14.2. The number of nitrogens with zero attached hydrogens (tertiary/aromatic N) is 2. The van der Waals surface area contributed by atoms with Crippen LogP contribution < -0.4 is 0 Å². The van der Waals surface area contributed by atoms with E-state index in [1.54, 1.807) is 11.3 Å². The van der Waals surface area contributed by atoms with Crippen molar-refractivity contribution >= 4 is 11.3 Å². The first kappa shape index (κ1) is 14.8. The van der Waals surface area contributed by atoms with Crippen molar-refractivity contribution in [1.29, 1.82) is 0 Å². The average Bonchev–Trinajstić information content (AvgIpc) is 2.99. The molecule has 2 aromatic rings. The van der Waals surface area contributed by atoms with Gasteiger partial charge in [-0.25, -0.2) is 4.98 Å². The highest BCUT2D eigenvalue weighted by atomic mass is 32.1. The highest BCUT2D eigenvalue weighted by Gasteiger charge is 2.12. The van der Waals surface area contributed by atoms with Gasteiger partial charge in [0.15, 0.2) is 0 Å². The molecule has 0 spiro atoms. The highest BCUT2D eigenvalue weighted by Crippen LogP contribution is 2.12. The van der Waals surface area contributed by atoms with E-state index in [-0.39, 0.29) is 0 Å². The predicted octanol–water partition coefficient (Wildman–Crippen LogP) is 3.80. The van der Waals surface area contributed by atoms with Crippen molar-refractivity contribution in [2.75, 3.05) is 6.54 Å². The van der Waals surface area contributed by atoms with Crippen molar-refractivity contribution in [3.8, 4) is 11.8 Å². The number of thiazole rings is 1. The van der Waals surface area contributed by atoms with Crippen LogP contribution in [0.2, 0.25) is 0 Å². The Morgan fingerprint density at radius 2 is 2.10 bits per heavy atom. The van der Waals surface area contributed by atoms with Gasteiger partial charge >= 0.3 is 0 Å². The Bertz CT molecular complexity index is 552. The molecule has 1 heterocycles. The lowest BCUT2D eigenvalue weighted by atomic mass is 10.2. The molecule has 0 aliphatic heterocycles. The Hall–Kier alpha value is -1.63. The van der Waals surface area contributed by atoms with Crippen molar-refractivity contribution in [2.24, 2.45) is 0 Å². The van der Waals surface area contributed by atoms with E-state index in [9.17, 15) is 0 Å². The summed E-state index contributed by atoms with van der Waals surface area (Å²) < 4.78 is 0. The Morgan fingerprint density at radius 1 is 1.30 bits per heavy atom. The molecule has 0 aliphatic carbocycles. The molecule has 104 valence electrons. The lowest BCUT2D eigenvalue weighted by Gasteiger charge is -2.25. The van der Waals surface area contributed by atoms with Crippen LogP contribution in [0, 0.1) is 11.8 Å². The van der Waals surface area contributed by atoms with E-state index in [0.29, 0.717) is 6.04 Å². The standard InChI is InChI=1S/C17H20N2S/c1-3-15(2)19(14-17-18-11-13-20-17)12-7-10-16-8-5-4-6-9-16/h4-6,8-9,11,13,15H,3,12,14H2,1-2H3/t15-/m1/s1. The van der Waals surface area contributed by atoms with Crippen molar-refractivity contribution in [3.05, 3.63) is 52.5 Å². The molecule has 0 saturated carbocycles. The molecule has 0 radical (unpaired) electrons. The fourth-order valence-electron chi connectivity index (χ4n) is 1.90. The molecular weight excluding hydrogens is 264 g/mol. The Morgan fingerprint density at radius 3 is 2.75 bits per heavy atom. The number of rotatable bonds is 5. The van der Waals surface area contributed by atoms with Gasteiger partial charge in [-0.1, -0.05) is 37.0 Å². The van der Waals surface area contributed by atoms with E-state index in [1.807, 2.05) is 41.9 Å². The maximum absolute atomic E-state index is 4.37. The smallest absolute Gasteiger partial charge is 0.107 e. The van der Waals surface area contributed by atoms with Gasteiger partial charge in [0, 0.05) is 23.2 Å². The second kappa shape index (κ2) is 7.84. The average molecular weight is 284 g/mol. The first-order chi connectivity index (χ1) is 9.79. The molecule has 0 aliphatic rings. The molecule has 3 heteroatoms. The van der Waals surface area contributed by atoms with Gasteiger partial charge < -0.3 is 0 Å². The fraction of sp³-hybridized carbons (Fsp3) is 0.353. The molecule has 0 N–H and O–H groups in total. The van der Waals surface area contributed by atoms with Crippen LogP contribution in [-0.4, -0.2) is 22.5 Å². The second-order valence-electron chi connectivity index (χ2n) is 4.76. The summed E-state index contributed by atoms with van der Waals surface area (Å²) in [6.07, 6.45) is 2.99. The quantitative estimate of drug-likeness (QED) is 0.776. The van der Waals surface area contributed by atoms with Gasteiger partial charge in [0.05, 0.1) is 13.1 Å². The predicted molar refractivity (Wildman–Crippen MR) is 85.6 cm³/mol. The van der Waals surface area contributed by atoms with E-state index in [2.05, 4.69) is 35.6 Å². The van der Waals surface area contributed by atoms with Crippen LogP contribution in [0.1, 0.15) is 30.8 Å². The molecule has 0 saturated heterocycles. The summed E-state index contributed by atoms with van der Waals surface area (Å²) in [7, 11) is 0. The molecule has 0 bridgehead atoms. The van der Waals surface area contributed by atoms with Gasteiger partial charge in [0.2, 0.25) is 0 Å². The van der Waals surface area contributed by atoms with Crippen LogP contribution in [0.4, 0.5) is 0 Å². The third kappa shape index (κ3) is 4.48. The Kier molecular flexibility index (Phi) is 5.79. The van der Waals surface area contributed by atoms with E-state index in [1.165, 1.54) is 0 Å². The Balaban J connectivity index is 1.99. The fourth-order valence-corrected chi connectivity index (χ4v) is 2.54. The van der Waals surface area contributed by atoms with Crippen molar-refractivity contribution < 1.29 is 0 Å². The van der Waals surface area contributed by atoms with Gasteiger partial charge in [-0.3, -0.25) is 4.90 Å². The first-order valence-corrected chi connectivity index (χ1v) is 7.84. The van der Waals surface area contributed by atoms with Crippen LogP contribution in [0.15, 0.2) is 41.9 Å². The number of hydrogen-bond donors (Lipinski definition) is 0. The topological polar surface area (TPSA) is 16.1 Å². The minimum atomic E-state index is 0.518. The molecule has 1 aromatic heterocycles. The van der Waals surface area contributed by atoms with E-state index in [0.717, 1.165) is 30.1 Å². The summed E-state index contributed by atoms with van der Waals surface area (Å²) in [5.41, 5.74) is 1.07. The van der Waals surface area contributed by atoms with E-state index in [4.69, 9.17) is 0 Å². The molecule has 2 nitrogen and oxygen atoms in total. The molecule has 1 aromatic carbocycles. The molecule has 0 fully saturated rings. The number of benzene rings is 1. The maximum Gasteiger partial charge on any atom is 0.107 e. The highest BCUT2D eigenvalue weighted by molar-refractivity contribution is 7.09. The normalized spacial score (nSPS) is 11.9. The van der Waals surface area contributed by atoms with E-state index < -0.39 is 0 Å². The second-order valence-corrected chi connectivity index (χ2v) is 5.74. The zero-order valence-electron chi connectivity index (χ0n) is 12.0. The van der Waals surface area contributed by atoms with Crippen LogP contribution in [-0.2, 0) is 6.54 Å². The Labute approximate surface area is 125 Å². The molecule has 0 unspecified atom stereocenters. The van der Waals surface area contributed by atoms with Crippen molar-refractivity contribution in [1.82, 2.24) is 9.88 Å². The van der Waals surface area contributed by atoms with Crippen LogP contribution >= 0.6 is 11.3 Å². The summed E-state index contributed by atoms with van der Waals surface area (Å²) in [5.74, 6) is 6.51. The van der Waals surface area contributed by atoms with Gasteiger partial charge in [-0.15, -0.1) is 11.3 Å². The first-order valence-electron chi connectivity index (χ1n) is 6.96. The third-order valence-corrected chi connectivity index (χ3v) is 4.09. The monoisotopic (exact) mass is 284 g/mol. The lowest BCUT2D eigenvalue weighted by molar-refractivity contribution is 0.221. The van der Waals surface area contributed by atoms with Crippen molar-refractivity contribution in [2.45, 2.75) is 32.9 Å². The molecule has 20 heavy (non-hydrogen) atoms. The summed E-state index contributed by atoms with van der Waals surface area (Å²) in [4.78, 5) is 6.75. The van der Waals surface area contributed by atoms with E-state index >= 15 is 0 Å². The zero-order valence-corrected chi connectivity index (χ0v) is 12.9.